The van der Waals surface area contributed by atoms with Crippen LogP contribution in [-0.2, 0) is 10.8 Å². The Morgan fingerprint density at radius 2 is 1.22 bits per heavy atom. The van der Waals surface area contributed by atoms with Crippen molar-refractivity contribution in [2.45, 2.75) is 77.3 Å². The molecule has 0 fully saturated rings. The fourth-order valence-corrected chi connectivity index (χ4v) is 4.84. The summed E-state index contributed by atoms with van der Waals surface area (Å²) in [6.07, 6.45) is 15.7. The van der Waals surface area contributed by atoms with E-state index in [1.165, 1.54) is 12.8 Å². The Bertz CT molecular complexity index is 1080. The maximum Gasteiger partial charge on any atom is 1.00 e. The molecule has 0 bridgehead atoms. The minimum absolute atomic E-state index is 0. The number of unbranched alkanes of at least 4 members (excludes halogenated alkanes) is 2. The smallest absolute Gasteiger partial charge is 0.491 e. The molecule has 7 N–H and O–H groups in total. The number of nitrogens with zero attached hydrogens (tertiary/aromatic N) is 4. The number of hydrogen-bond donors (Lipinski definition) is 5. The van der Waals surface area contributed by atoms with Crippen molar-refractivity contribution in [2.75, 3.05) is 67.4 Å². The van der Waals surface area contributed by atoms with Gasteiger partial charge in [0.25, 0.3) is 0 Å². The van der Waals surface area contributed by atoms with Crippen LogP contribution in [0, 0.1) is 0 Å². The van der Waals surface area contributed by atoms with Crippen molar-refractivity contribution in [3.8, 4) is 11.5 Å². The molecule has 0 aliphatic heterocycles. The summed E-state index contributed by atoms with van der Waals surface area (Å²) >= 11 is -4.08. The van der Waals surface area contributed by atoms with Gasteiger partial charge in [0, 0.05) is 42.0 Å². The average molecular weight is 899 g/mol. The standard InChI is InChI=1S/C13H24N4O2S.C13H24N4OS.CH4O.IO4.Na.2H2S/c1-4-5-6-10(7-8-20(3)18)16-12-11(19-2)9-15-13(14)17-12;1-4-5-6-10(7-8-19-3)16-12-11(18-2)9-15-13(14)17-12;1-2;2-1(3,4)5;;;/h9-10H,4-8H2,1-3H3,(H3,14,15,16,17);9-10H,4-8H2,1-3H3,(H3,14,15,16,17);2H,1H3;;;2*1H2/q;;;-1;+1;;/t10-,20?;10-;;;;;/m00...../s1. The molecular formula is C27H56IN8NaO8S4. The van der Waals surface area contributed by atoms with E-state index in [0.29, 0.717) is 34.9 Å². The molecule has 0 aliphatic carbocycles. The Morgan fingerprint density at radius 1 is 0.857 bits per heavy atom. The van der Waals surface area contributed by atoms with E-state index >= 15 is 0 Å². The quantitative estimate of drug-likeness (QED) is 0.0688. The van der Waals surface area contributed by atoms with Gasteiger partial charge in [-0.3, -0.25) is 18.0 Å². The molecule has 16 nitrogen and oxygen atoms in total. The second-order valence-electron chi connectivity index (χ2n) is 9.48. The second kappa shape index (κ2) is 36.1. The van der Waals surface area contributed by atoms with E-state index in [0.717, 1.165) is 51.4 Å². The van der Waals surface area contributed by atoms with Crippen molar-refractivity contribution >= 4 is 73.1 Å². The predicted molar refractivity (Wildman–Crippen MR) is 195 cm³/mol. The summed E-state index contributed by atoms with van der Waals surface area (Å²) in [7, 11) is 3.40. The molecule has 0 saturated heterocycles. The minimum Gasteiger partial charge on any atom is -0.491 e. The predicted octanol–water partition coefficient (Wildman–Crippen LogP) is -6.32. The number of aliphatic hydroxyl groups is 1. The van der Waals surface area contributed by atoms with Crippen molar-refractivity contribution in [3.63, 3.8) is 0 Å². The van der Waals surface area contributed by atoms with E-state index in [9.17, 15) is 4.21 Å². The van der Waals surface area contributed by atoms with Gasteiger partial charge < -0.3 is 36.7 Å². The second-order valence-corrected chi connectivity index (χ2v) is 14.2. The Kier molecular flexibility index (Phi) is 42.7. The van der Waals surface area contributed by atoms with Gasteiger partial charge in [-0.15, -0.1) is 0 Å². The van der Waals surface area contributed by atoms with Gasteiger partial charge in [-0.1, -0.05) is 39.5 Å². The third-order valence-corrected chi connectivity index (χ3v) is 7.36. The molecule has 2 rings (SSSR count). The molecule has 3 atom stereocenters. The van der Waals surface area contributed by atoms with E-state index < -0.39 is 30.9 Å². The van der Waals surface area contributed by atoms with Crippen molar-refractivity contribution < 1.29 is 82.2 Å². The maximum atomic E-state index is 11.3. The first-order chi connectivity index (χ1) is 21.8. The Hall–Kier alpha value is -0.310. The normalized spacial score (nSPS) is 11.7. The van der Waals surface area contributed by atoms with E-state index in [-0.39, 0.29) is 74.5 Å². The number of halogens is 1. The first-order valence-electron chi connectivity index (χ1n) is 14.5. The van der Waals surface area contributed by atoms with Crippen molar-refractivity contribution in [1.29, 1.82) is 0 Å². The molecule has 2 aromatic rings. The SMILES string of the molecule is CCCC[C@@H](CCS(C)=O)Nc1nc(N)ncc1OC.CCCC[C@@H](CCSC)Nc1nc(N)ncc1OC.CO.S.S.[Na+].[O-][I+3]([O-])([O-])[O-]. The van der Waals surface area contributed by atoms with E-state index in [1.807, 2.05) is 11.8 Å². The topological polar surface area (TPSA) is 276 Å². The summed E-state index contributed by atoms with van der Waals surface area (Å²) in [5, 5.41) is 13.8. The van der Waals surface area contributed by atoms with E-state index in [2.05, 4.69) is 50.7 Å². The minimum atomic E-state index is -5.94. The molecule has 0 saturated carbocycles. The number of aliphatic hydroxyl groups excluding tert-OH is 1. The molecule has 2 heterocycles. The van der Waals surface area contributed by atoms with Crippen LogP contribution in [0.5, 0.6) is 11.5 Å². The molecular weight excluding hydrogens is 843 g/mol. The van der Waals surface area contributed by atoms with Crippen LogP contribution in [0.15, 0.2) is 12.4 Å². The molecule has 0 aromatic carbocycles. The van der Waals surface area contributed by atoms with Gasteiger partial charge >= 0.3 is 29.6 Å². The maximum absolute atomic E-state index is 11.3. The van der Waals surface area contributed by atoms with Crippen LogP contribution in [0.2, 0.25) is 0 Å². The number of thioether (sulfide) groups is 1. The molecule has 0 radical (unpaired) electrons. The third-order valence-electron chi connectivity index (χ3n) is 5.91. The van der Waals surface area contributed by atoms with Crippen LogP contribution in [0.3, 0.4) is 0 Å². The summed E-state index contributed by atoms with van der Waals surface area (Å²) < 4.78 is 56.2. The Balaban J connectivity index is -0.000000210. The molecule has 2 aromatic heterocycles. The number of nitrogens with one attached hydrogen (secondary N) is 2. The fraction of sp³-hybridized carbons (Fsp3) is 0.704. The zero-order valence-corrected chi connectivity index (χ0v) is 37.6. The summed E-state index contributed by atoms with van der Waals surface area (Å²) in [5.74, 6) is 4.77. The van der Waals surface area contributed by atoms with Crippen LogP contribution < -0.4 is 95.0 Å². The first kappa shape index (κ1) is 58.0. The molecule has 284 valence electrons. The third kappa shape index (κ3) is 33.3. The number of nitrogen functional groups attached to an aromatic ring is 2. The monoisotopic (exact) mass is 898 g/mol. The Morgan fingerprint density at radius 3 is 1.53 bits per heavy atom. The molecule has 0 spiro atoms. The zero-order chi connectivity index (χ0) is 35.5. The molecule has 1 unspecified atom stereocenters. The van der Waals surface area contributed by atoms with Crippen LogP contribution in [-0.4, -0.2) is 86.7 Å². The Labute approximate surface area is 340 Å². The van der Waals surface area contributed by atoms with E-state index in [1.54, 1.807) is 32.9 Å². The van der Waals surface area contributed by atoms with Crippen molar-refractivity contribution in [1.82, 2.24) is 19.9 Å². The number of rotatable bonds is 18. The largest absolute Gasteiger partial charge is 1.00 e. The van der Waals surface area contributed by atoms with Gasteiger partial charge in [0.2, 0.25) is 11.9 Å². The number of aromatic nitrogens is 4. The fourth-order valence-electron chi connectivity index (χ4n) is 3.71. The van der Waals surface area contributed by atoms with Gasteiger partial charge in [0.05, 0.1) is 26.6 Å². The summed E-state index contributed by atoms with van der Waals surface area (Å²) in [6.45, 7) is 4.35. The molecule has 0 amide bonds. The number of methoxy groups -OCH3 is 2. The van der Waals surface area contributed by atoms with Crippen LogP contribution in [0.4, 0.5) is 23.5 Å². The van der Waals surface area contributed by atoms with Crippen molar-refractivity contribution in [2.24, 2.45) is 0 Å². The molecule has 22 heteroatoms. The van der Waals surface area contributed by atoms with E-state index in [4.69, 9.17) is 39.8 Å². The molecule has 49 heavy (non-hydrogen) atoms. The van der Waals surface area contributed by atoms with Crippen LogP contribution in [0.25, 0.3) is 0 Å². The number of hydrogen-bond acceptors (Lipinski definition) is 17. The first-order valence-corrected chi connectivity index (χ1v) is 21.1. The van der Waals surface area contributed by atoms with Gasteiger partial charge in [0.1, 0.15) is 20.1 Å². The van der Waals surface area contributed by atoms with Crippen LogP contribution >= 0.6 is 38.8 Å². The van der Waals surface area contributed by atoms with Gasteiger partial charge in [0.15, 0.2) is 23.1 Å². The van der Waals surface area contributed by atoms with Gasteiger partial charge in [-0.2, -0.15) is 48.7 Å². The van der Waals surface area contributed by atoms with Crippen molar-refractivity contribution in [3.05, 3.63) is 12.4 Å². The number of anilines is 4. The van der Waals surface area contributed by atoms with Crippen LogP contribution in [0.1, 0.15) is 65.2 Å². The number of ether oxygens (including phenoxy) is 2. The summed E-state index contributed by atoms with van der Waals surface area (Å²) in [5.41, 5.74) is 11.3. The summed E-state index contributed by atoms with van der Waals surface area (Å²) in [6, 6.07) is 0.609. The average Bonchev–Trinajstić information content (AvgIpc) is 3.00. The molecule has 0 aliphatic rings. The number of nitrogens with two attached hydrogens (primary N) is 2. The zero-order valence-electron chi connectivity index (χ0n) is 29.8. The van der Waals surface area contributed by atoms with Gasteiger partial charge in [-0.05, 0) is 37.7 Å². The van der Waals surface area contributed by atoms with Gasteiger partial charge in [-0.25, -0.2) is 9.97 Å². The summed E-state index contributed by atoms with van der Waals surface area (Å²) in [4.78, 5) is 16.2.